The van der Waals surface area contributed by atoms with Crippen LogP contribution in [0.25, 0.3) is 0 Å². The summed E-state index contributed by atoms with van der Waals surface area (Å²) in [5, 5.41) is 0. The van der Waals surface area contributed by atoms with Gasteiger partial charge >= 0.3 is 0 Å². The number of nitrogens with zero attached hydrogens (tertiary/aromatic N) is 2. The Bertz CT molecular complexity index is 556. The molecule has 2 aliphatic rings. The van der Waals surface area contributed by atoms with Crippen molar-refractivity contribution < 1.29 is 9.18 Å². The maximum absolute atomic E-state index is 13.9. The van der Waals surface area contributed by atoms with E-state index >= 15 is 0 Å². The Morgan fingerprint density at radius 3 is 2.67 bits per heavy atom. The van der Waals surface area contributed by atoms with Crippen molar-refractivity contribution in [1.29, 1.82) is 0 Å². The van der Waals surface area contributed by atoms with Gasteiger partial charge < -0.3 is 4.90 Å². The van der Waals surface area contributed by atoms with Crippen molar-refractivity contribution >= 4 is 5.91 Å². The first-order chi connectivity index (χ1) is 11.6. The van der Waals surface area contributed by atoms with Crippen molar-refractivity contribution in [3.8, 4) is 0 Å². The summed E-state index contributed by atoms with van der Waals surface area (Å²) in [4.78, 5) is 17.0. The Hall–Kier alpha value is -1.42. The maximum Gasteiger partial charge on any atom is 0.225 e. The Kier molecular flexibility index (Phi) is 5.88. The maximum atomic E-state index is 13.9. The largest absolute Gasteiger partial charge is 0.341 e. The minimum absolute atomic E-state index is 0.133. The minimum atomic E-state index is -0.133. The van der Waals surface area contributed by atoms with Crippen molar-refractivity contribution in [2.45, 2.75) is 57.5 Å². The van der Waals surface area contributed by atoms with Gasteiger partial charge in [-0.3, -0.25) is 9.69 Å². The molecule has 1 aliphatic carbocycles. The topological polar surface area (TPSA) is 23.6 Å². The Morgan fingerprint density at radius 1 is 1.17 bits per heavy atom. The highest BCUT2D eigenvalue weighted by atomic mass is 19.1. The number of carbonyl (C=O) groups is 1. The molecular weight excluding hydrogens is 303 g/mol. The van der Waals surface area contributed by atoms with Gasteiger partial charge in [0.25, 0.3) is 0 Å². The highest BCUT2D eigenvalue weighted by Crippen LogP contribution is 2.27. The molecule has 1 aromatic rings. The van der Waals surface area contributed by atoms with Crippen LogP contribution in [0, 0.1) is 11.7 Å². The third-order valence-corrected chi connectivity index (χ3v) is 5.68. The van der Waals surface area contributed by atoms with E-state index < -0.39 is 0 Å². The van der Waals surface area contributed by atoms with Crippen LogP contribution in [0.1, 0.15) is 50.5 Å². The van der Waals surface area contributed by atoms with E-state index in [-0.39, 0.29) is 17.8 Å². The van der Waals surface area contributed by atoms with E-state index in [1.165, 1.54) is 25.3 Å². The first kappa shape index (κ1) is 17.4. The summed E-state index contributed by atoms with van der Waals surface area (Å²) >= 11 is 0. The molecule has 1 saturated carbocycles. The average molecular weight is 332 g/mol. The molecule has 1 heterocycles. The Balaban J connectivity index is 1.58. The van der Waals surface area contributed by atoms with Crippen molar-refractivity contribution in [1.82, 2.24) is 9.80 Å². The van der Waals surface area contributed by atoms with Crippen LogP contribution in [0.2, 0.25) is 0 Å². The molecule has 1 aliphatic heterocycles. The van der Waals surface area contributed by atoms with E-state index in [9.17, 15) is 9.18 Å². The molecule has 1 saturated heterocycles. The molecule has 0 bridgehead atoms. The minimum Gasteiger partial charge on any atom is -0.341 e. The monoisotopic (exact) mass is 332 g/mol. The lowest BCUT2D eigenvalue weighted by Crippen LogP contribution is -2.50. The number of hydrogen-bond acceptors (Lipinski definition) is 2. The summed E-state index contributed by atoms with van der Waals surface area (Å²) in [6.07, 6.45) is 7.88. The predicted octanol–water partition coefficient (Wildman–Crippen LogP) is 3.83. The summed E-state index contributed by atoms with van der Waals surface area (Å²) in [6, 6.07) is 7.26. The van der Waals surface area contributed by atoms with Gasteiger partial charge in [0.1, 0.15) is 5.82 Å². The second-order valence-electron chi connectivity index (χ2n) is 7.41. The van der Waals surface area contributed by atoms with E-state index in [0.29, 0.717) is 12.5 Å². The van der Waals surface area contributed by atoms with Gasteiger partial charge in [0.15, 0.2) is 0 Å². The van der Waals surface area contributed by atoms with E-state index in [1.807, 2.05) is 24.1 Å². The summed E-state index contributed by atoms with van der Waals surface area (Å²) in [5.41, 5.74) is 0.749. The van der Waals surface area contributed by atoms with E-state index in [0.717, 1.165) is 44.3 Å². The number of hydrogen-bond donors (Lipinski definition) is 0. The Morgan fingerprint density at radius 2 is 1.92 bits per heavy atom. The van der Waals surface area contributed by atoms with Crippen LogP contribution in [0.5, 0.6) is 0 Å². The average Bonchev–Trinajstić information content (AvgIpc) is 2.63. The zero-order chi connectivity index (χ0) is 16.9. The van der Waals surface area contributed by atoms with Crippen LogP contribution in [-0.2, 0) is 11.3 Å². The first-order valence-corrected chi connectivity index (χ1v) is 9.37. The number of likely N-dealkylation sites (N-methyl/N-ethyl adjacent to an activating group) is 1. The standard InChI is InChI=1S/C20H29FN2O/c1-22(20(24)16-8-3-2-4-9-16)18-11-7-13-23(15-18)14-17-10-5-6-12-19(17)21/h5-6,10,12,16,18H,2-4,7-9,11,13-15H2,1H3. The summed E-state index contributed by atoms with van der Waals surface area (Å²) in [5.74, 6) is 0.421. The lowest BCUT2D eigenvalue weighted by atomic mass is 9.87. The van der Waals surface area contributed by atoms with Crippen LogP contribution in [-0.4, -0.2) is 41.9 Å². The van der Waals surface area contributed by atoms with Gasteiger partial charge in [0, 0.05) is 37.7 Å². The number of benzene rings is 1. The van der Waals surface area contributed by atoms with Crippen LogP contribution >= 0.6 is 0 Å². The molecule has 0 radical (unpaired) electrons. The van der Waals surface area contributed by atoms with Crippen LogP contribution < -0.4 is 0 Å². The van der Waals surface area contributed by atoms with Crippen LogP contribution in [0.15, 0.2) is 24.3 Å². The van der Waals surface area contributed by atoms with Gasteiger partial charge in [-0.25, -0.2) is 4.39 Å². The summed E-state index contributed by atoms with van der Waals surface area (Å²) < 4.78 is 13.9. The van der Waals surface area contributed by atoms with Crippen molar-refractivity contribution in [3.05, 3.63) is 35.6 Å². The second kappa shape index (κ2) is 8.11. The number of halogens is 1. The fraction of sp³-hybridized carbons (Fsp3) is 0.650. The number of amides is 1. The molecule has 1 aromatic carbocycles. The van der Waals surface area contributed by atoms with Crippen LogP contribution in [0.3, 0.4) is 0 Å². The van der Waals surface area contributed by atoms with Gasteiger partial charge in [0.2, 0.25) is 5.91 Å². The molecule has 1 amide bonds. The predicted molar refractivity (Wildman–Crippen MR) is 94.0 cm³/mol. The number of likely N-dealkylation sites (tertiary alicyclic amines) is 1. The molecular formula is C20H29FN2O. The molecule has 132 valence electrons. The fourth-order valence-electron chi connectivity index (χ4n) is 4.18. The highest BCUT2D eigenvalue weighted by molar-refractivity contribution is 5.79. The third kappa shape index (κ3) is 4.15. The molecule has 3 nitrogen and oxygen atoms in total. The molecule has 3 rings (SSSR count). The SMILES string of the molecule is CN(C(=O)C1CCCCC1)C1CCCN(Cc2ccccc2F)C1. The molecule has 1 atom stereocenters. The van der Waals surface area contributed by atoms with Crippen LogP contribution in [0.4, 0.5) is 4.39 Å². The highest BCUT2D eigenvalue weighted by Gasteiger charge is 2.30. The fourth-order valence-corrected chi connectivity index (χ4v) is 4.18. The van der Waals surface area contributed by atoms with Gasteiger partial charge in [-0.1, -0.05) is 37.5 Å². The molecule has 2 fully saturated rings. The quantitative estimate of drug-likeness (QED) is 0.836. The van der Waals surface area contributed by atoms with Crippen molar-refractivity contribution in [2.24, 2.45) is 5.92 Å². The smallest absolute Gasteiger partial charge is 0.225 e. The second-order valence-corrected chi connectivity index (χ2v) is 7.41. The van der Waals surface area contributed by atoms with Gasteiger partial charge in [-0.15, -0.1) is 0 Å². The molecule has 24 heavy (non-hydrogen) atoms. The number of carbonyl (C=O) groups excluding carboxylic acids is 1. The zero-order valence-corrected chi connectivity index (χ0v) is 14.7. The number of piperidine rings is 1. The normalized spacial score (nSPS) is 23.2. The van der Waals surface area contributed by atoms with Gasteiger partial charge in [0.05, 0.1) is 0 Å². The molecule has 0 aromatic heterocycles. The van der Waals surface area contributed by atoms with Crippen molar-refractivity contribution in [3.63, 3.8) is 0 Å². The zero-order valence-electron chi connectivity index (χ0n) is 14.7. The third-order valence-electron chi connectivity index (χ3n) is 5.68. The van der Waals surface area contributed by atoms with E-state index in [1.54, 1.807) is 6.07 Å². The van der Waals surface area contributed by atoms with E-state index in [4.69, 9.17) is 0 Å². The molecule has 0 N–H and O–H groups in total. The lowest BCUT2D eigenvalue weighted by Gasteiger charge is -2.39. The number of rotatable bonds is 4. The lowest BCUT2D eigenvalue weighted by molar-refractivity contribution is -0.138. The molecule has 4 heteroatoms. The Labute approximate surface area is 144 Å². The van der Waals surface area contributed by atoms with Crippen molar-refractivity contribution in [2.75, 3.05) is 20.1 Å². The summed E-state index contributed by atoms with van der Waals surface area (Å²) in [6.45, 7) is 2.47. The molecule has 1 unspecified atom stereocenters. The van der Waals surface area contributed by atoms with Gasteiger partial charge in [-0.2, -0.15) is 0 Å². The summed E-state index contributed by atoms with van der Waals surface area (Å²) in [7, 11) is 1.97. The van der Waals surface area contributed by atoms with Gasteiger partial charge in [-0.05, 0) is 38.3 Å². The van der Waals surface area contributed by atoms with E-state index in [2.05, 4.69) is 4.90 Å². The molecule has 0 spiro atoms. The first-order valence-electron chi connectivity index (χ1n) is 9.37.